The summed E-state index contributed by atoms with van der Waals surface area (Å²) in [6.07, 6.45) is -0.437. The van der Waals surface area contributed by atoms with Crippen molar-refractivity contribution >= 4 is 18.3 Å². The monoisotopic (exact) mass is 412 g/mol. The highest BCUT2D eigenvalue weighted by Crippen LogP contribution is 2.33. The van der Waals surface area contributed by atoms with Crippen molar-refractivity contribution in [2.45, 2.75) is 31.6 Å². The molecule has 2 amide bonds. The highest BCUT2D eigenvalue weighted by molar-refractivity contribution is 5.93. The maximum absolute atomic E-state index is 12.9. The van der Waals surface area contributed by atoms with E-state index >= 15 is 0 Å². The number of carboxylic acid groups (broad SMARTS) is 1. The minimum absolute atomic E-state index is 0.0491. The van der Waals surface area contributed by atoms with Crippen molar-refractivity contribution in [3.8, 4) is 11.5 Å². The van der Waals surface area contributed by atoms with Gasteiger partial charge in [0.25, 0.3) is 0 Å². The van der Waals surface area contributed by atoms with Gasteiger partial charge < -0.3 is 24.3 Å². The SMILES string of the molecule is COc1ccc(CN2C(=O)[C@@H](N(Cc3ccccc3)C(=O)O)[C@H]2CC=O)c(OC)c1. The molecule has 1 aliphatic rings. The van der Waals surface area contributed by atoms with Gasteiger partial charge in [-0.1, -0.05) is 30.3 Å². The molecule has 2 aromatic carbocycles. The van der Waals surface area contributed by atoms with Crippen LogP contribution in [0.3, 0.4) is 0 Å². The number of aldehydes is 1. The van der Waals surface area contributed by atoms with Crippen LogP contribution in [-0.2, 0) is 22.7 Å². The number of carbonyl (C=O) groups is 3. The van der Waals surface area contributed by atoms with E-state index in [2.05, 4.69) is 0 Å². The molecule has 0 radical (unpaired) electrons. The second kappa shape index (κ2) is 9.30. The summed E-state index contributed by atoms with van der Waals surface area (Å²) >= 11 is 0. The van der Waals surface area contributed by atoms with Crippen LogP contribution in [0.1, 0.15) is 17.5 Å². The minimum Gasteiger partial charge on any atom is -0.497 e. The van der Waals surface area contributed by atoms with E-state index in [0.29, 0.717) is 17.8 Å². The zero-order valence-electron chi connectivity index (χ0n) is 16.9. The highest BCUT2D eigenvalue weighted by atomic mass is 16.5. The van der Waals surface area contributed by atoms with Crippen molar-refractivity contribution in [2.75, 3.05) is 14.2 Å². The fourth-order valence-corrected chi connectivity index (χ4v) is 3.71. The molecule has 0 aliphatic carbocycles. The van der Waals surface area contributed by atoms with Crippen LogP contribution in [0.4, 0.5) is 4.79 Å². The molecule has 0 bridgehead atoms. The number of rotatable bonds is 9. The van der Waals surface area contributed by atoms with Gasteiger partial charge >= 0.3 is 6.09 Å². The van der Waals surface area contributed by atoms with Gasteiger partial charge in [0.2, 0.25) is 5.91 Å². The third-order valence-electron chi connectivity index (χ3n) is 5.25. The summed E-state index contributed by atoms with van der Waals surface area (Å²) in [5.74, 6) is 0.834. The minimum atomic E-state index is -1.20. The van der Waals surface area contributed by atoms with E-state index < -0.39 is 18.2 Å². The molecule has 0 unspecified atom stereocenters. The Bertz CT molecular complexity index is 917. The van der Waals surface area contributed by atoms with Crippen molar-refractivity contribution < 1.29 is 29.0 Å². The van der Waals surface area contributed by atoms with E-state index in [4.69, 9.17) is 9.47 Å². The summed E-state index contributed by atoms with van der Waals surface area (Å²) < 4.78 is 10.6. The number of amides is 2. The van der Waals surface area contributed by atoms with Gasteiger partial charge in [-0.15, -0.1) is 0 Å². The Morgan fingerprint density at radius 1 is 1.17 bits per heavy atom. The number of nitrogens with zero attached hydrogens (tertiary/aromatic N) is 2. The Labute approximate surface area is 174 Å². The molecule has 2 atom stereocenters. The van der Waals surface area contributed by atoms with E-state index in [1.165, 1.54) is 12.0 Å². The summed E-state index contributed by atoms with van der Waals surface area (Å²) in [4.78, 5) is 38.7. The summed E-state index contributed by atoms with van der Waals surface area (Å²) in [6, 6.07) is 12.9. The Balaban J connectivity index is 1.82. The lowest BCUT2D eigenvalue weighted by molar-refractivity contribution is -0.160. The van der Waals surface area contributed by atoms with Crippen LogP contribution in [-0.4, -0.2) is 59.5 Å². The lowest BCUT2D eigenvalue weighted by atomic mass is 9.90. The largest absolute Gasteiger partial charge is 0.497 e. The van der Waals surface area contributed by atoms with Crippen LogP contribution in [0.2, 0.25) is 0 Å². The second-order valence-electron chi connectivity index (χ2n) is 6.95. The molecular formula is C22H24N2O6. The Morgan fingerprint density at radius 2 is 1.90 bits per heavy atom. The third-order valence-corrected chi connectivity index (χ3v) is 5.25. The standard InChI is InChI=1S/C22H24N2O6/c1-29-17-9-8-16(19(12-17)30-2)14-23-18(10-11-25)20(21(23)26)24(22(27)28)13-15-6-4-3-5-7-15/h3-9,11-12,18,20H,10,13-14H2,1-2H3,(H,27,28)/t18-,20+/m1/s1. The Hall–Kier alpha value is -3.55. The number of likely N-dealkylation sites (tertiary alicyclic amines) is 1. The maximum Gasteiger partial charge on any atom is 0.408 e. The van der Waals surface area contributed by atoms with E-state index in [1.54, 1.807) is 37.4 Å². The van der Waals surface area contributed by atoms with Crippen molar-refractivity contribution in [1.82, 2.24) is 9.80 Å². The molecule has 1 fully saturated rings. The molecule has 1 aliphatic heterocycles. The summed E-state index contributed by atoms with van der Waals surface area (Å²) in [5, 5.41) is 9.72. The zero-order chi connectivity index (χ0) is 21.7. The molecule has 2 aromatic rings. The fraction of sp³-hybridized carbons (Fsp3) is 0.318. The van der Waals surface area contributed by atoms with Crippen LogP contribution in [0.15, 0.2) is 48.5 Å². The van der Waals surface area contributed by atoms with E-state index in [0.717, 1.165) is 16.0 Å². The number of benzene rings is 2. The van der Waals surface area contributed by atoms with Crippen LogP contribution >= 0.6 is 0 Å². The molecule has 8 nitrogen and oxygen atoms in total. The fourth-order valence-electron chi connectivity index (χ4n) is 3.71. The van der Waals surface area contributed by atoms with Gasteiger partial charge in [0.15, 0.2) is 0 Å². The summed E-state index contributed by atoms with van der Waals surface area (Å²) in [7, 11) is 3.07. The molecule has 1 heterocycles. The number of hydrogen-bond donors (Lipinski definition) is 1. The first kappa shape index (κ1) is 21.2. The summed E-state index contributed by atoms with van der Waals surface area (Å²) in [6.45, 7) is 0.279. The first-order chi connectivity index (χ1) is 14.5. The van der Waals surface area contributed by atoms with Gasteiger partial charge in [-0.25, -0.2) is 4.79 Å². The summed E-state index contributed by atoms with van der Waals surface area (Å²) in [5.41, 5.74) is 1.51. The average Bonchev–Trinajstić information content (AvgIpc) is 2.77. The van der Waals surface area contributed by atoms with Crippen molar-refractivity contribution in [1.29, 1.82) is 0 Å². The first-order valence-electron chi connectivity index (χ1n) is 9.48. The van der Waals surface area contributed by atoms with Crippen molar-refractivity contribution in [2.24, 2.45) is 0 Å². The van der Waals surface area contributed by atoms with Crippen LogP contribution in [0.25, 0.3) is 0 Å². The average molecular weight is 412 g/mol. The zero-order valence-corrected chi connectivity index (χ0v) is 16.9. The van der Waals surface area contributed by atoms with Gasteiger partial charge in [0, 0.05) is 31.1 Å². The molecule has 0 spiro atoms. The lowest BCUT2D eigenvalue weighted by Gasteiger charge is -2.50. The van der Waals surface area contributed by atoms with Crippen LogP contribution in [0.5, 0.6) is 11.5 Å². The first-order valence-corrected chi connectivity index (χ1v) is 9.48. The normalized spacial score (nSPS) is 17.8. The van der Waals surface area contributed by atoms with Gasteiger partial charge in [-0.05, 0) is 17.7 Å². The topological polar surface area (TPSA) is 96.4 Å². The van der Waals surface area contributed by atoms with E-state index in [-0.39, 0.29) is 25.4 Å². The number of β-lactam (4-membered cyclic amide) rings is 1. The maximum atomic E-state index is 12.9. The Morgan fingerprint density at radius 3 is 2.50 bits per heavy atom. The predicted octanol–water partition coefficient (Wildman–Crippen LogP) is 2.55. The van der Waals surface area contributed by atoms with Crippen LogP contribution in [0, 0.1) is 0 Å². The molecule has 158 valence electrons. The molecule has 8 heteroatoms. The van der Waals surface area contributed by atoms with Crippen LogP contribution < -0.4 is 9.47 Å². The van der Waals surface area contributed by atoms with E-state index in [1.807, 2.05) is 18.2 Å². The molecular weight excluding hydrogens is 388 g/mol. The quantitative estimate of drug-likeness (QED) is 0.502. The number of hydrogen-bond acceptors (Lipinski definition) is 5. The molecule has 1 N–H and O–H groups in total. The van der Waals surface area contributed by atoms with Gasteiger partial charge in [-0.3, -0.25) is 9.69 Å². The van der Waals surface area contributed by atoms with Crippen molar-refractivity contribution in [3.63, 3.8) is 0 Å². The molecule has 0 saturated carbocycles. The van der Waals surface area contributed by atoms with Crippen molar-refractivity contribution in [3.05, 3.63) is 59.7 Å². The molecule has 3 rings (SSSR count). The van der Waals surface area contributed by atoms with E-state index in [9.17, 15) is 19.5 Å². The number of ether oxygens (including phenoxy) is 2. The van der Waals surface area contributed by atoms with Gasteiger partial charge in [0.1, 0.15) is 23.8 Å². The molecule has 0 aromatic heterocycles. The predicted molar refractivity (Wildman–Crippen MR) is 108 cm³/mol. The Kier molecular flexibility index (Phi) is 6.56. The second-order valence-corrected chi connectivity index (χ2v) is 6.95. The third kappa shape index (κ3) is 4.22. The number of methoxy groups -OCH3 is 2. The molecule has 1 saturated heterocycles. The smallest absolute Gasteiger partial charge is 0.408 e. The lowest BCUT2D eigenvalue weighted by Crippen LogP contribution is -2.70. The van der Waals surface area contributed by atoms with Gasteiger partial charge in [0.05, 0.1) is 20.3 Å². The van der Waals surface area contributed by atoms with Gasteiger partial charge in [-0.2, -0.15) is 0 Å². The number of carbonyl (C=O) groups excluding carboxylic acids is 2. The highest BCUT2D eigenvalue weighted by Gasteiger charge is 2.51. The molecule has 30 heavy (non-hydrogen) atoms.